The molecule has 1 fully saturated rings. The van der Waals surface area contributed by atoms with Crippen LogP contribution in [0.1, 0.15) is 35.3 Å². The number of aryl methyl sites for hydroxylation is 1. The Balaban J connectivity index is 1.97. The molecule has 2 aromatic rings. The molecular formula is C15H16Cl2N4O3S. The third-order valence-corrected chi connectivity index (χ3v) is 6.94. The van der Waals surface area contributed by atoms with Gasteiger partial charge in [0.2, 0.25) is 5.82 Å². The minimum atomic E-state index is -2.40. The highest BCUT2D eigenvalue weighted by molar-refractivity contribution is 7.93. The fraction of sp³-hybridized carbons (Fsp3) is 0.400. The summed E-state index contributed by atoms with van der Waals surface area (Å²) in [4.78, 5) is 12.5. The summed E-state index contributed by atoms with van der Waals surface area (Å²) in [6.07, 6.45) is 2.76. The lowest BCUT2D eigenvalue weighted by atomic mass is 10.2. The smallest absolute Gasteiger partial charge is 0.258 e. The monoisotopic (exact) mass is 402 g/mol. The normalized spacial score (nSPS) is 16.4. The number of benzene rings is 1. The maximum Gasteiger partial charge on any atom is 0.258 e. The topological polar surface area (TPSA) is 97.5 Å². The summed E-state index contributed by atoms with van der Waals surface area (Å²) in [7, 11) is -2.40. The second-order valence-corrected chi connectivity index (χ2v) is 9.07. The van der Waals surface area contributed by atoms with E-state index in [1.807, 2.05) is 0 Å². The minimum absolute atomic E-state index is 0.0624. The summed E-state index contributed by atoms with van der Waals surface area (Å²) in [5.74, 6) is 0.725. The largest absolute Gasteiger partial charge is 0.302 e. The Morgan fingerprint density at radius 2 is 1.96 bits per heavy atom. The summed E-state index contributed by atoms with van der Waals surface area (Å²) in [5, 5.41) is 10.1. The van der Waals surface area contributed by atoms with Gasteiger partial charge in [-0.05, 0) is 37.1 Å². The summed E-state index contributed by atoms with van der Waals surface area (Å²) >= 11 is 12.5. The molecule has 1 N–H and O–H groups in total. The highest BCUT2D eigenvalue weighted by Crippen LogP contribution is 2.37. The lowest BCUT2D eigenvalue weighted by Gasteiger charge is -2.16. The SMILES string of the molecule is Cc1nonc1NC(=O)c1ccc(Cl)c(N=S2(=O)CCCCC2)c1Cl. The van der Waals surface area contributed by atoms with Crippen LogP contribution in [0.25, 0.3) is 0 Å². The van der Waals surface area contributed by atoms with E-state index in [1.54, 1.807) is 6.92 Å². The molecule has 0 saturated carbocycles. The number of anilines is 1. The van der Waals surface area contributed by atoms with Crippen LogP contribution in [0.5, 0.6) is 0 Å². The van der Waals surface area contributed by atoms with E-state index in [9.17, 15) is 9.00 Å². The maximum atomic E-state index is 12.8. The summed E-state index contributed by atoms with van der Waals surface area (Å²) in [5.41, 5.74) is 0.789. The zero-order valence-corrected chi connectivity index (χ0v) is 15.7. The molecule has 134 valence electrons. The van der Waals surface area contributed by atoms with Crippen molar-refractivity contribution in [2.45, 2.75) is 26.2 Å². The molecule has 0 aliphatic carbocycles. The average Bonchev–Trinajstić information content (AvgIpc) is 2.97. The summed E-state index contributed by atoms with van der Waals surface area (Å²) in [6, 6.07) is 3.00. The van der Waals surface area contributed by atoms with E-state index in [0.29, 0.717) is 17.2 Å². The van der Waals surface area contributed by atoms with Crippen molar-refractivity contribution in [1.29, 1.82) is 0 Å². The first kappa shape index (κ1) is 18.2. The van der Waals surface area contributed by atoms with Gasteiger partial charge in [-0.1, -0.05) is 34.8 Å². The van der Waals surface area contributed by atoms with E-state index in [1.165, 1.54) is 12.1 Å². The molecule has 2 heterocycles. The van der Waals surface area contributed by atoms with Gasteiger partial charge in [-0.15, -0.1) is 0 Å². The zero-order valence-electron chi connectivity index (χ0n) is 13.4. The van der Waals surface area contributed by atoms with Crippen LogP contribution in [-0.4, -0.2) is 31.9 Å². The molecule has 0 radical (unpaired) electrons. The lowest BCUT2D eigenvalue weighted by Crippen LogP contribution is -2.16. The second kappa shape index (κ2) is 7.31. The fourth-order valence-corrected chi connectivity index (χ4v) is 5.37. The summed E-state index contributed by atoms with van der Waals surface area (Å²) in [6.45, 7) is 1.64. The van der Waals surface area contributed by atoms with Gasteiger partial charge >= 0.3 is 0 Å². The van der Waals surface area contributed by atoms with Gasteiger partial charge in [0, 0.05) is 11.5 Å². The summed E-state index contributed by atoms with van der Waals surface area (Å²) < 4.78 is 21.7. The molecule has 7 nitrogen and oxygen atoms in total. The predicted molar refractivity (Wildman–Crippen MR) is 97.3 cm³/mol. The van der Waals surface area contributed by atoms with Crippen LogP contribution in [0, 0.1) is 6.92 Å². The van der Waals surface area contributed by atoms with Gasteiger partial charge in [0.25, 0.3) is 5.91 Å². The first-order valence-corrected chi connectivity index (χ1v) is 10.3. The van der Waals surface area contributed by atoms with Gasteiger partial charge in [-0.2, -0.15) is 4.36 Å². The maximum absolute atomic E-state index is 12.8. The van der Waals surface area contributed by atoms with Crippen molar-refractivity contribution in [2.75, 3.05) is 16.8 Å². The number of halogens is 2. The number of aromatic nitrogens is 2. The third-order valence-electron chi connectivity index (χ3n) is 3.88. The van der Waals surface area contributed by atoms with E-state index in [2.05, 4.69) is 24.6 Å². The first-order valence-electron chi connectivity index (χ1n) is 7.71. The van der Waals surface area contributed by atoms with E-state index >= 15 is 0 Å². The van der Waals surface area contributed by atoms with Crippen molar-refractivity contribution >= 4 is 50.3 Å². The van der Waals surface area contributed by atoms with Crippen molar-refractivity contribution in [2.24, 2.45) is 4.36 Å². The zero-order chi connectivity index (χ0) is 18.0. The molecule has 0 atom stereocenters. The van der Waals surface area contributed by atoms with Crippen LogP contribution in [0.3, 0.4) is 0 Å². The number of hydrogen-bond donors (Lipinski definition) is 1. The molecular weight excluding hydrogens is 387 g/mol. The van der Waals surface area contributed by atoms with Crippen LogP contribution < -0.4 is 5.32 Å². The number of amides is 1. The van der Waals surface area contributed by atoms with E-state index in [0.717, 1.165) is 19.3 Å². The van der Waals surface area contributed by atoms with Gasteiger partial charge in [0.05, 0.1) is 25.3 Å². The van der Waals surface area contributed by atoms with Crippen molar-refractivity contribution in [1.82, 2.24) is 10.3 Å². The third kappa shape index (κ3) is 3.96. The van der Waals surface area contributed by atoms with Crippen LogP contribution in [-0.2, 0) is 9.73 Å². The van der Waals surface area contributed by atoms with Crippen molar-refractivity contribution in [3.8, 4) is 0 Å². The van der Waals surface area contributed by atoms with Gasteiger partial charge in [0.1, 0.15) is 11.4 Å². The number of nitrogens with zero attached hydrogens (tertiary/aromatic N) is 3. The Labute approximate surface area is 155 Å². The molecule has 10 heteroatoms. The van der Waals surface area contributed by atoms with E-state index in [-0.39, 0.29) is 27.1 Å². The number of carbonyl (C=O) groups is 1. The number of hydrogen-bond acceptors (Lipinski definition) is 6. The molecule has 1 aromatic heterocycles. The molecule has 0 unspecified atom stereocenters. The Bertz CT molecular complexity index is 923. The van der Waals surface area contributed by atoms with Crippen LogP contribution in [0.15, 0.2) is 21.1 Å². The lowest BCUT2D eigenvalue weighted by molar-refractivity contribution is 0.102. The highest BCUT2D eigenvalue weighted by atomic mass is 35.5. The van der Waals surface area contributed by atoms with Crippen molar-refractivity contribution in [3.05, 3.63) is 33.4 Å². The molecule has 0 bridgehead atoms. The molecule has 1 amide bonds. The number of nitrogens with one attached hydrogen (secondary N) is 1. The first-order chi connectivity index (χ1) is 11.9. The van der Waals surface area contributed by atoms with E-state index < -0.39 is 15.6 Å². The van der Waals surface area contributed by atoms with Crippen molar-refractivity contribution in [3.63, 3.8) is 0 Å². The molecule has 1 saturated heterocycles. The van der Waals surface area contributed by atoms with Gasteiger partial charge in [0.15, 0.2) is 0 Å². The quantitative estimate of drug-likeness (QED) is 0.828. The van der Waals surface area contributed by atoms with Gasteiger partial charge < -0.3 is 5.32 Å². The van der Waals surface area contributed by atoms with Crippen molar-refractivity contribution < 1.29 is 13.6 Å². The standard InChI is InChI=1S/C15H16Cl2N4O3S/c1-9-14(20-24-19-9)18-15(22)10-5-6-11(16)13(12(10)17)21-25(23)7-3-2-4-8-25/h5-6H,2-4,7-8H2,1H3,(H,18,20,22). The van der Waals surface area contributed by atoms with Gasteiger partial charge in [-0.25, -0.2) is 8.84 Å². The van der Waals surface area contributed by atoms with Crippen LogP contribution in [0.4, 0.5) is 11.5 Å². The highest BCUT2D eigenvalue weighted by Gasteiger charge is 2.21. The van der Waals surface area contributed by atoms with Gasteiger partial charge in [-0.3, -0.25) is 4.79 Å². The van der Waals surface area contributed by atoms with Crippen LogP contribution in [0.2, 0.25) is 10.0 Å². The Morgan fingerprint density at radius 3 is 2.60 bits per heavy atom. The molecule has 1 aliphatic rings. The average molecular weight is 403 g/mol. The Hall–Kier alpha value is -1.64. The van der Waals surface area contributed by atoms with Crippen LogP contribution >= 0.6 is 23.2 Å². The minimum Gasteiger partial charge on any atom is -0.302 e. The second-order valence-electron chi connectivity index (χ2n) is 5.74. The number of rotatable bonds is 3. The Morgan fingerprint density at radius 1 is 1.24 bits per heavy atom. The molecule has 25 heavy (non-hydrogen) atoms. The fourth-order valence-electron chi connectivity index (χ4n) is 2.51. The van der Waals surface area contributed by atoms with E-state index in [4.69, 9.17) is 23.2 Å². The Kier molecular flexibility index (Phi) is 5.31. The molecule has 1 aliphatic heterocycles. The molecule has 0 spiro atoms. The molecule has 1 aromatic carbocycles. The predicted octanol–water partition coefficient (Wildman–Crippen LogP) is 4.22. The molecule has 3 rings (SSSR count). The number of carbonyl (C=O) groups excluding carboxylic acids is 1.